The van der Waals surface area contributed by atoms with E-state index in [1.54, 1.807) is 0 Å². The van der Waals surface area contributed by atoms with Gasteiger partial charge >= 0.3 is 5.97 Å². The topological polar surface area (TPSA) is 63.6 Å². The van der Waals surface area contributed by atoms with Crippen LogP contribution in [0.4, 0.5) is 0 Å². The fourth-order valence-corrected chi connectivity index (χ4v) is 1.61. The van der Waals surface area contributed by atoms with E-state index in [4.69, 9.17) is 21.4 Å². The number of phenolic OH excluding ortho intramolecular Hbond substituents is 1. The number of aromatic hydroxyl groups is 1. The molecule has 0 heterocycles. The van der Waals surface area contributed by atoms with Gasteiger partial charge < -0.3 is 9.84 Å². The molecule has 5 heteroatoms. The molecule has 0 spiro atoms. The quantitative estimate of drug-likeness (QED) is 0.531. The minimum atomic E-state index is -0.634. The molecule has 0 amide bonds. The number of benzene rings is 2. The van der Waals surface area contributed by atoms with Gasteiger partial charge in [-0.05, 0) is 36.4 Å². The van der Waals surface area contributed by atoms with Crippen molar-refractivity contribution in [2.75, 3.05) is 0 Å². The van der Waals surface area contributed by atoms with E-state index in [2.05, 4.69) is 0 Å². The molecule has 0 atom stereocenters. The highest BCUT2D eigenvalue weighted by Crippen LogP contribution is 2.23. The van der Waals surface area contributed by atoms with Crippen LogP contribution in [0.15, 0.2) is 42.5 Å². The van der Waals surface area contributed by atoms with E-state index in [9.17, 15) is 9.59 Å². The van der Waals surface area contributed by atoms with Gasteiger partial charge in [0.05, 0.1) is 11.1 Å². The van der Waals surface area contributed by atoms with Crippen LogP contribution in [0.3, 0.4) is 0 Å². The Morgan fingerprint density at radius 2 is 1.84 bits per heavy atom. The summed E-state index contributed by atoms with van der Waals surface area (Å²) in [5.74, 6) is -0.487. The maximum absolute atomic E-state index is 11.8. The fraction of sp³-hybridized carbons (Fsp3) is 0. The molecule has 0 bridgehead atoms. The van der Waals surface area contributed by atoms with Gasteiger partial charge in [0, 0.05) is 11.1 Å². The zero-order chi connectivity index (χ0) is 13.8. The highest BCUT2D eigenvalue weighted by Gasteiger charge is 2.12. The Bertz CT molecular complexity index is 620. The van der Waals surface area contributed by atoms with Crippen LogP contribution < -0.4 is 4.74 Å². The molecule has 2 aromatic rings. The summed E-state index contributed by atoms with van der Waals surface area (Å²) in [6.07, 6.45) is 0.579. The number of rotatable bonds is 3. The van der Waals surface area contributed by atoms with Gasteiger partial charge in [0.2, 0.25) is 0 Å². The normalized spacial score (nSPS) is 9.95. The van der Waals surface area contributed by atoms with E-state index in [0.717, 1.165) is 0 Å². The van der Waals surface area contributed by atoms with Crippen LogP contribution in [0.2, 0.25) is 5.02 Å². The zero-order valence-electron chi connectivity index (χ0n) is 9.67. The van der Waals surface area contributed by atoms with E-state index >= 15 is 0 Å². The Morgan fingerprint density at radius 1 is 1.16 bits per heavy atom. The van der Waals surface area contributed by atoms with Crippen molar-refractivity contribution in [2.24, 2.45) is 0 Å². The molecule has 0 unspecified atom stereocenters. The first-order valence-electron chi connectivity index (χ1n) is 5.36. The molecule has 2 rings (SSSR count). The van der Waals surface area contributed by atoms with Crippen molar-refractivity contribution in [3.05, 3.63) is 58.6 Å². The summed E-state index contributed by atoms with van der Waals surface area (Å²) >= 11 is 5.78. The fourth-order valence-electron chi connectivity index (χ4n) is 1.45. The monoisotopic (exact) mass is 276 g/mol. The van der Waals surface area contributed by atoms with Gasteiger partial charge in [-0.1, -0.05) is 11.6 Å². The van der Waals surface area contributed by atoms with Crippen molar-refractivity contribution < 1.29 is 19.4 Å². The smallest absolute Gasteiger partial charge is 0.343 e. The van der Waals surface area contributed by atoms with Gasteiger partial charge in [-0.2, -0.15) is 0 Å². The molecule has 0 saturated carbocycles. The van der Waals surface area contributed by atoms with Crippen LogP contribution >= 0.6 is 11.6 Å². The SMILES string of the molecule is O=Cc1ccc(Cl)cc1OC(=O)c1ccc(O)cc1. The van der Waals surface area contributed by atoms with Crippen molar-refractivity contribution in [3.8, 4) is 11.5 Å². The lowest BCUT2D eigenvalue weighted by molar-refractivity contribution is 0.0733. The first-order chi connectivity index (χ1) is 9.10. The number of carbonyl (C=O) groups is 2. The van der Waals surface area contributed by atoms with Crippen molar-refractivity contribution in [2.45, 2.75) is 0 Å². The van der Waals surface area contributed by atoms with Crippen LogP contribution in [0.1, 0.15) is 20.7 Å². The average molecular weight is 277 g/mol. The summed E-state index contributed by atoms with van der Waals surface area (Å²) < 4.78 is 5.11. The Balaban J connectivity index is 2.25. The van der Waals surface area contributed by atoms with Gasteiger partial charge in [0.1, 0.15) is 11.5 Å². The molecule has 0 aliphatic heterocycles. The van der Waals surface area contributed by atoms with Crippen LogP contribution in [-0.4, -0.2) is 17.4 Å². The maximum atomic E-state index is 11.8. The molecule has 0 radical (unpaired) electrons. The number of esters is 1. The van der Waals surface area contributed by atoms with E-state index in [0.29, 0.717) is 11.3 Å². The van der Waals surface area contributed by atoms with Gasteiger partial charge in [-0.25, -0.2) is 4.79 Å². The number of halogens is 1. The Labute approximate surface area is 114 Å². The predicted octanol–water partition coefficient (Wildman–Crippen LogP) is 3.08. The minimum absolute atomic E-state index is 0.0490. The maximum Gasteiger partial charge on any atom is 0.343 e. The molecule has 4 nitrogen and oxygen atoms in total. The molecule has 19 heavy (non-hydrogen) atoms. The molecule has 0 saturated heterocycles. The molecule has 0 fully saturated rings. The summed E-state index contributed by atoms with van der Waals surface area (Å²) in [6.45, 7) is 0. The number of aldehydes is 1. The zero-order valence-corrected chi connectivity index (χ0v) is 10.4. The summed E-state index contributed by atoms with van der Waals surface area (Å²) in [5.41, 5.74) is 0.492. The van der Waals surface area contributed by atoms with Gasteiger partial charge in [0.25, 0.3) is 0 Å². The summed E-state index contributed by atoms with van der Waals surface area (Å²) in [4.78, 5) is 22.7. The average Bonchev–Trinajstić information content (AvgIpc) is 2.39. The molecule has 0 aliphatic carbocycles. The van der Waals surface area contributed by atoms with Crippen molar-refractivity contribution in [1.82, 2.24) is 0 Å². The van der Waals surface area contributed by atoms with Crippen molar-refractivity contribution in [3.63, 3.8) is 0 Å². The van der Waals surface area contributed by atoms with Crippen LogP contribution in [0.25, 0.3) is 0 Å². The van der Waals surface area contributed by atoms with Gasteiger partial charge in [-0.3, -0.25) is 4.79 Å². The van der Waals surface area contributed by atoms with Gasteiger partial charge in [0.15, 0.2) is 6.29 Å². The lowest BCUT2D eigenvalue weighted by atomic mass is 10.2. The molecular formula is C14H9ClO4. The number of carbonyl (C=O) groups excluding carboxylic acids is 2. The molecular weight excluding hydrogens is 268 g/mol. The second-order valence-electron chi connectivity index (χ2n) is 3.74. The molecule has 1 N–H and O–H groups in total. The second-order valence-corrected chi connectivity index (χ2v) is 4.17. The Morgan fingerprint density at radius 3 is 2.47 bits per heavy atom. The van der Waals surface area contributed by atoms with Crippen molar-refractivity contribution >= 4 is 23.9 Å². The molecule has 0 aromatic heterocycles. The van der Waals surface area contributed by atoms with Crippen LogP contribution in [-0.2, 0) is 0 Å². The number of hydrogen-bond donors (Lipinski definition) is 1. The third kappa shape index (κ3) is 3.11. The molecule has 0 aliphatic rings. The first kappa shape index (κ1) is 13.1. The molecule has 2 aromatic carbocycles. The van der Waals surface area contributed by atoms with Crippen LogP contribution in [0.5, 0.6) is 11.5 Å². The minimum Gasteiger partial charge on any atom is -0.508 e. The largest absolute Gasteiger partial charge is 0.508 e. The number of phenols is 1. The summed E-state index contributed by atoms with van der Waals surface area (Å²) in [6, 6.07) is 9.97. The second kappa shape index (κ2) is 5.54. The van der Waals surface area contributed by atoms with E-state index in [-0.39, 0.29) is 22.6 Å². The van der Waals surface area contributed by atoms with Gasteiger partial charge in [-0.15, -0.1) is 0 Å². The molecule has 96 valence electrons. The third-order valence-electron chi connectivity index (χ3n) is 2.41. The lowest BCUT2D eigenvalue weighted by Crippen LogP contribution is -2.09. The van der Waals surface area contributed by atoms with E-state index < -0.39 is 5.97 Å². The Kier molecular flexibility index (Phi) is 3.82. The highest BCUT2D eigenvalue weighted by molar-refractivity contribution is 6.30. The highest BCUT2D eigenvalue weighted by atomic mass is 35.5. The Hall–Kier alpha value is -2.33. The van der Waals surface area contributed by atoms with Crippen LogP contribution in [0, 0.1) is 0 Å². The van der Waals surface area contributed by atoms with E-state index in [1.165, 1.54) is 42.5 Å². The van der Waals surface area contributed by atoms with E-state index in [1.807, 2.05) is 0 Å². The number of hydrogen-bond acceptors (Lipinski definition) is 4. The summed E-state index contributed by atoms with van der Waals surface area (Å²) in [5, 5.41) is 9.49. The predicted molar refractivity (Wildman–Crippen MR) is 69.9 cm³/mol. The summed E-state index contributed by atoms with van der Waals surface area (Å²) in [7, 11) is 0. The standard InChI is InChI=1S/C14H9ClO4/c15-11-4-1-10(8-16)13(7-11)19-14(18)9-2-5-12(17)6-3-9/h1-8,17H. The number of ether oxygens (including phenoxy) is 1. The van der Waals surface area contributed by atoms with Crippen molar-refractivity contribution in [1.29, 1.82) is 0 Å². The third-order valence-corrected chi connectivity index (χ3v) is 2.64. The first-order valence-corrected chi connectivity index (χ1v) is 5.74. The lowest BCUT2D eigenvalue weighted by Gasteiger charge is -2.07.